The van der Waals surface area contributed by atoms with Crippen molar-refractivity contribution in [3.8, 4) is 24.0 Å². The lowest BCUT2D eigenvalue weighted by molar-refractivity contribution is 0.302. The summed E-state index contributed by atoms with van der Waals surface area (Å²) in [6.07, 6.45) is 3.36. The first kappa shape index (κ1) is 17.4. The van der Waals surface area contributed by atoms with E-state index in [4.69, 9.17) is 20.0 Å². The van der Waals surface area contributed by atoms with Gasteiger partial charge in [0.25, 0.3) is 12.5 Å². The Balaban J connectivity index is 2.34. The molecule has 0 aliphatic carbocycles. The van der Waals surface area contributed by atoms with Crippen molar-refractivity contribution < 1.29 is 9.47 Å². The zero-order chi connectivity index (χ0) is 17.8. The second kappa shape index (κ2) is 6.64. The van der Waals surface area contributed by atoms with E-state index in [-0.39, 0.29) is 10.8 Å². The van der Waals surface area contributed by atoms with Crippen LogP contribution >= 0.6 is 0 Å². The molecule has 0 N–H and O–H groups in total. The summed E-state index contributed by atoms with van der Waals surface area (Å²) in [5.74, 6) is 1.07. The van der Waals surface area contributed by atoms with E-state index in [1.807, 2.05) is 24.3 Å². The molecule has 2 aromatic rings. The van der Waals surface area contributed by atoms with Crippen molar-refractivity contribution in [3.05, 3.63) is 59.7 Å². The first-order valence-corrected chi connectivity index (χ1v) is 7.66. The van der Waals surface area contributed by atoms with Crippen molar-refractivity contribution >= 4 is 0 Å². The Kier molecular flexibility index (Phi) is 4.81. The Morgan fingerprint density at radius 2 is 0.917 bits per heavy atom. The van der Waals surface area contributed by atoms with E-state index in [9.17, 15) is 0 Å². The van der Waals surface area contributed by atoms with Crippen molar-refractivity contribution in [2.45, 2.75) is 38.5 Å². The van der Waals surface area contributed by atoms with Crippen molar-refractivity contribution in [1.29, 1.82) is 10.5 Å². The number of nitriles is 2. The van der Waals surface area contributed by atoms with Crippen LogP contribution in [0.4, 0.5) is 0 Å². The zero-order valence-corrected chi connectivity index (χ0v) is 14.3. The van der Waals surface area contributed by atoms with Gasteiger partial charge in [0.15, 0.2) is 0 Å². The molecule has 24 heavy (non-hydrogen) atoms. The summed E-state index contributed by atoms with van der Waals surface area (Å²) >= 11 is 0. The quantitative estimate of drug-likeness (QED) is 0.751. The topological polar surface area (TPSA) is 66.0 Å². The molecule has 0 fully saturated rings. The average molecular weight is 320 g/mol. The summed E-state index contributed by atoms with van der Waals surface area (Å²) in [7, 11) is 0. The Morgan fingerprint density at radius 1 is 0.625 bits per heavy atom. The molecule has 122 valence electrons. The molecule has 0 saturated carbocycles. The number of hydrogen-bond donors (Lipinski definition) is 0. The highest BCUT2D eigenvalue weighted by atomic mass is 16.5. The molecule has 2 rings (SSSR count). The van der Waals surface area contributed by atoms with Gasteiger partial charge in [0, 0.05) is 0 Å². The first-order chi connectivity index (χ1) is 11.3. The van der Waals surface area contributed by atoms with Crippen LogP contribution in [-0.2, 0) is 10.8 Å². The monoisotopic (exact) mass is 320 g/mol. The maximum Gasteiger partial charge on any atom is 0.292 e. The molecule has 0 aliphatic rings. The molecule has 0 aliphatic heterocycles. The smallest absolute Gasteiger partial charge is 0.292 e. The van der Waals surface area contributed by atoms with Crippen LogP contribution < -0.4 is 9.47 Å². The molecule has 0 heterocycles. The molecule has 0 bridgehead atoms. The summed E-state index contributed by atoms with van der Waals surface area (Å²) in [6.45, 7) is 8.75. The van der Waals surface area contributed by atoms with Crippen LogP contribution in [0.15, 0.2) is 48.5 Å². The van der Waals surface area contributed by atoms with E-state index < -0.39 is 0 Å². The predicted molar refractivity (Wildman–Crippen MR) is 91.4 cm³/mol. The van der Waals surface area contributed by atoms with E-state index in [2.05, 4.69) is 27.7 Å². The maximum atomic E-state index is 8.58. The normalized spacial score (nSPS) is 11.2. The number of benzene rings is 2. The highest BCUT2D eigenvalue weighted by Gasteiger charge is 2.39. The SMILES string of the molecule is CC(C)(c1ccc(OC#N)cc1)C(C)(C)c1ccc(OC#N)cc1. The molecular formula is C20H20N2O2. The minimum absolute atomic E-state index is 0.171. The van der Waals surface area contributed by atoms with Gasteiger partial charge in [-0.2, -0.15) is 0 Å². The van der Waals surface area contributed by atoms with Gasteiger partial charge in [-0.25, -0.2) is 0 Å². The van der Waals surface area contributed by atoms with Crippen molar-refractivity contribution in [3.63, 3.8) is 0 Å². The molecule has 0 saturated heterocycles. The van der Waals surface area contributed by atoms with Crippen LogP contribution in [0.25, 0.3) is 0 Å². The summed E-state index contributed by atoms with van der Waals surface area (Å²) < 4.78 is 9.69. The van der Waals surface area contributed by atoms with Gasteiger partial charge in [-0.05, 0) is 46.2 Å². The van der Waals surface area contributed by atoms with E-state index >= 15 is 0 Å². The van der Waals surface area contributed by atoms with Gasteiger partial charge in [-0.3, -0.25) is 0 Å². The van der Waals surface area contributed by atoms with Gasteiger partial charge in [0.1, 0.15) is 11.5 Å². The molecule has 4 nitrogen and oxygen atoms in total. The molecule has 0 unspecified atom stereocenters. The van der Waals surface area contributed by atoms with E-state index in [0.29, 0.717) is 11.5 Å². The minimum Gasteiger partial charge on any atom is -0.388 e. The van der Waals surface area contributed by atoms with Gasteiger partial charge in [-0.1, -0.05) is 52.0 Å². The van der Waals surface area contributed by atoms with E-state index in [1.165, 1.54) is 0 Å². The summed E-state index contributed by atoms with van der Waals surface area (Å²) in [4.78, 5) is 0. The highest BCUT2D eigenvalue weighted by molar-refractivity contribution is 5.40. The van der Waals surface area contributed by atoms with E-state index in [1.54, 1.807) is 36.8 Å². The van der Waals surface area contributed by atoms with Crippen LogP contribution in [0.2, 0.25) is 0 Å². The lowest BCUT2D eigenvalue weighted by Gasteiger charge is -2.43. The first-order valence-electron chi connectivity index (χ1n) is 7.66. The second-order valence-corrected chi connectivity index (χ2v) is 6.69. The third-order valence-corrected chi connectivity index (χ3v) is 5.04. The number of nitrogens with zero attached hydrogens (tertiary/aromatic N) is 2. The van der Waals surface area contributed by atoms with Crippen molar-refractivity contribution in [2.24, 2.45) is 0 Å². The van der Waals surface area contributed by atoms with Crippen LogP contribution in [-0.4, -0.2) is 0 Å². The fourth-order valence-corrected chi connectivity index (χ4v) is 2.71. The molecule has 0 atom stereocenters. The Labute approximate surface area is 142 Å². The summed E-state index contributed by atoms with van der Waals surface area (Å²) in [5, 5.41) is 17.2. The molecule has 2 aromatic carbocycles. The van der Waals surface area contributed by atoms with Crippen LogP contribution in [0.1, 0.15) is 38.8 Å². The molecule has 4 heteroatoms. The standard InChI is InChI=1S/C20H20N2O2/c1-19(2,15-5-9-17(10-6-15)23-13-21)20(3,4)16-7-11-18(12-8-16)24-14-22/h5-12H,1-4H3. The van der Waals surface area contributed by atoms with Gasteiger partial charge >= 0.3 is 0 Å². The lowest BCUT2D eigenvalue weighted by Crippen LogP contribution is -2.40. The molecule has 0 spiro atoms. The van der Waals surface area contributed by atoms with Crippen LogP contribution in [0.5, 0.6) is 11.5 Å². The summed E-state index contributed by atoms with van der Waals surface area (Å²) in [5.41, 5.74) is 1.95. The fourth-order valence-electron chi connectivity index (χ4n) is 2.71. The summed E-state index contributed by atoms with van der Waals surface area (Å²) in [6, 6.07) is 15.2. The molecular weight excluding hydrogens is 300 g/mol. The Bertz CT molecular complexity index is 707. The minimum atomic E-state index is -0.171. The zero-order valence-electron chi connectivity index (χ0n) is 14.3. The Morgan fingerprint density at radius 3 is 1.17 bits per heavy atom. The van der Waals surface area contributed by atoms with Gasteiger partial charge < -0.3 is 9.47 Å². The lowest BCUT2D eigenvalue weighted by atomic mass is 9.61. The molecule has 0 aromatic heterocycles. The Hall–Kier alpha value is -2.98. The fraction of sp³-hybridized carbons (Fsp3) is 0.300. The number of rotatable bonds is 5. The third-order valence-electron chi connectivity index (χ3n) is 5.04. The largest absolute Gasteiger partial charge is 0.388 e. The van der Waals surface area contributed by atoms with Crippen molar-refractivity contribution in [2.75, 3.05) is 0 Å². The molecule has 0 amide bonds. The van der Waals surface area contributed by atoms with Crippen molar-refractivity contribution in [1.82, 2.24) is 0 Å². The predicted octanol–water partition coefficient (Wildman–Crippen LogP) is 4.66. The third kappa shape index (κ3) is 3.19. The maximum absolute atomic E-state index is 8.58. The van der Waals surface area contributed by atoms with E-state index in [0.717, 1.165) is 11.1 Å². The second-order valence-electron chi connectivity index (χ2n) is 6.69. The van der Waals surface area contributed by atoms with Gasteiger partial charge in [-0.15, -0.1) is 10.5 Å². The van der Waals surface area contributed by atoms with Gasteiger partial charge in [0.2, 0.25) is 0 Å². The van der Waals surface area contributed by atoms with Crippen LogP contribution in [0.3, 0.4) is 0 Å². The average Bonchev–Trinajstić information content (AvgIpc) is 2.56. The number of ether oxygens (including phenoxy) is 2. The number of hydrogen-bond acceptors (Lipinski definition) is 4. The highest BCUT2D eigenvalue weighted by Crippen LogP contribution is 2.44. The van der Waals surface area contributed by atoms with Gasteiger partial charge in [0.05, 0.1) is 0 Å². The molecule has 0 radical (unpaired) electrons. The van der Waals surface area contributed by atoms with Crippen LogP contribution in [0, 0.1) is 23.0 Å².